The second-order valence-electron chi connectivity index (χ2n) is 6.43. The Morgan fingerprint density at radius 2 is 2.21 bits per heavy atom. The molecule has 1 aromatic carbocycles. The lowest BCUT2D eigenvalue weighted by Gasteiger charge is -2.22. The highest BCUT2D eigenvalue weighted by Crippen LogP contribution is 2.37. The molecule has 0 radical (unpaired) electrons. The van der Waals surface area contributed by atoms with Gasteiger partial charge in [-0.25, -0.2) is 9.18 Å². The molecule has 150 valence electrons. The molecule has 0 aliphatic carbocycles. The summed E-state index contributed by atoms with van der Waals surface area (Å²) in [6, 6.07) is 4.51. The molecule has 1 amide bonds. The van der Waals surface area contributed by atoms with Crippen LogP contribution in [0.2, 0.25) is 5.02 Å². The number of nitrogens with zero attached hydrogens (tertiary/aromatic N) is 1. The Kier molecular flexibility index (Phi) is 6.98. The summed E-state index contributed by atoms with van der Waals surface area (Å²) in [4.78, 5) is 27.9. The highest BCUT2D eigenvalue weighted by atomic mass is 35.5. The van der Waals surface area contributed by atoms with Gasteiger partial charge in [-0.05, 0) is 31.2 Å². The average molecular weight is 443 g/mol. The lowest BCUT2D eigenvalue weighted by atomic mass is 10.0. The molecule has 2 heterocycles. The van der Waals surface area contributed by atoms with Gasteiger partial charge >= 0.3 is 5.97 Å². The van der Waals surface area contributed by atoms with Gasteiger partial charge in [-0.15, -0.1) is 23.1 Å². The molecule has 3 rings (SSSR count). The van der Waals surface area contributed by atoms with Crippen molar-refractivity contribution in [3.63, 3.8) is 0 Å². The summed E-state index contributed by atoms with van der Waals surface area (Å²) < 4.78 is 18.7. The Hall–Kier alpha value is -1.61. The number of hydrogen-bond donors (Lipinski definition) is 1. The van der Waals surface area contributed by atoms with Crippen LogP contribution in [0.5, 0.6) is 0 Å². The number of esters is 1. The van der Waals surface area contributed by atoms with Gasteiger partial charge in [-0.3, -0.25) is 4.79 Å². The first-order valence-corrected chi connectivity index (χ1v) is 11.0. The van der Waals surface area contributed by atoms with Crippen LogP contribution in [0.25, 0.3) is 0 Å². The van der Waals surface area contributed by atoms with E-state index in [2.05, 4.69) is 10.2 Å². The number of amides is 1. The van der Waals surface area contributed by atoms with Crippen molar-refractivity contribution in [3.05, 3.63) is 50.6 Å². The first kappa shape index (κ1) is 21.1. The topological polar surface area (TPSA) is 58.6 Å². The fraction of sp³-hybridized carbons (Fsp3) is 0.368. The number of thiophene rings is 1. The molecule has 0 unspecified atom stereocenters. The number of rotatable bonds is 6. The first-order valence-electron chi connectivity index (χ1n) is 8.62. The molecule has 2 aromatic rings. The van der Waals surface area contributed by atoms with Gasteiger partial charge in [0.15, 0.2) is 0 Å². The molecule has 1 aliphatic rings. The molecule has 0 atom stereocenters. The highest BCUT2D eigenvalue weighted by Gasteiger charge is 2.28. The first-order chi connectivity index (χ1) is 13.4. The van der Waals surface area contributed by atoms with Crippen LogP contribution in [0.1, 0.15) is 26.4 Å². The van der Waals surface area contributed by atoms with Crippen LogP contribution in [0.4, 0.5) is 9.39 Å². The van der Waals surface area contributed by atoms with E-state index in [9.17, 15) is 14.0 Å². The molecule has 0 saturated carbocycles. The van der Waals surface area contributed by atoms with Gasteiger partial charge in [0, 0.05) is 34.3 Å². The molecule has 28 heavy (non-hydrogen) atoms. The highest BCUT2D eigenvalue weighted by molar-refractivity contribution is 7.99. The normalized spacial score (nSPS) is 13.9. The van der Waals surface area contributed by atoms with E-state index in [1.54, 1.807) is 12.1 Å². The summed E-state index contributed by atoms with van der Waals surface area (Å²) in [6.45, 7) is 1.58. The molecule has 9 heteroatoms. The number of benzene rings is 1. The standard InChI is InChI=1S/C19H20ClFN2O3S2/c1-23-7-6-11-15(8-23)28-18(17(11)19(25)26-2)22-16(24)10-27-9-12-13(20)4-3-5-14(12)21/h3-5H,6-10H2,1-2H3,(H,22,24). The van der Waals surface area contributed by atoms with Crippen LogP contribution < -0.4 is 5.32 Å². The molecule has 0 bridgehead atoms. The Labute approximate surface area is 176 Å². The van der Waals surface area contributed by atoms with E-state index >= 15 is 0 Å². The van der Waals surface area contributed by atoms with E-state index in [1.807, 2.05) is 7.05 Å². The zero-order valence-electron chi connectivity index (χ0n) is 15.5. The second-order valence-corrected chi connectivity index (χ2v) is 8.93. The predicted molar refractivity (Wildman–Crippen MR) is 112 cm³/mol. The molecule has 1 N–H and O–H groups in total. The van der Waals surface area contributed by atoms with Crippen molar-refractivity contribution in [3.8, 4) is 0 Å². The number of nitrogens with one attached hydrogen (secondary N) is 1. The number of hydrogen-bond acceptors (Lipinski definition) is 6. The molecule has 1 aromatic heterocycles. The fourth-order valence-electron chi connectivity index (χ4n) is 3.02. The van der Waals surface area contributed by atoms with E-state index in [1.165, 1.54) is 36.3 Å². The number of carbonyl (C=O) groups is 2. The number of likely N-dealkylation sites (N-methyl/N-ethyl adjacent to an activating group) is 1. The van der Waals surface area contributed by atoms with Crippen LogP contribution in [-0.4, -0.2) is 43.2 Å². The number of halogens is 2. The van der Waals surface area contributed by atoms with E-state index < -0.39 is 5.97 Å². The average Bonchev–Trinajstić information content (AvgIpc) is 3.00. The van der Waals surface area contributed by atoms with Gasteiger partial charge < -0.3 is 15.0 Å². The quantitative estimate of drug-likeness (QED) is 0.680. The second kappa shape index (κ2) is 9.26. The third-order valence-corrected chi connectivity index (χ3v) is 6.88. The minimum atomic E-state index is -0.442. The zero-order valence-corrected chi connectivity index (χ0v) is 17.9. The number of methoxy groups -OCH3 is 1. The van der Waals surface area contributed by atoms with Crippen molar-refractivity contribution < 1.29 is 18.7 Å². The SMILES string of the molecule is COC(=O)c1c(NC(=O)CSCc2c(F)cccc2Cl)sc2c1CCN(C)C2. The van der Waals surface area contributed by atoms with Crippen LogP contribution in [-0.2, 0) is 28.2 Å². The lowest BCUT2D eigenvalue weighted by Crippen LogP contribution is -2.26. The lowest BCUT2D eigenvalue weighted by molar-refractivity contribution is -0.113. The summed E-state index contributed by atoms with van der Waals surface area (Å²) in [5.74, 6) is -0.677. The number of ether oxygens (including phenoxy) is 1. The minimum absolute atomic E-state index is 0.119. The van der Waals surface area contributed by atoms with E-state index in [0.717, 1.165) is 30.0 Å². The molecule has 0 fully saturated rings. The molecule has 5 nitrogen and oxygen atoms in total. The Morgan fingerprint density at radius 1 is 1.43 bits per heavy atom. The van der Waals surface area contributed by atoms with Crippen molar-refractivity contribution in [2.45, 2.75) is 18.7 Å². The number of anilines is 1. The maximum absolute atomic E-state index is 13.8. The summed E-state index contributed by atoms with van der Waals surface area (Å²) in [5, 5.41) is 3.68. The van der Waals surface area contributed by atoms with E-state index in [0.29, 0.717) is 21.2 Å². The predicted octanol–water partition coefficient (Wildman–Crippen LogP) is 4.19. The van der Waals surface area contributed by atoms with Gasteiger partial charge in [-0.2, -0.15) is 0 Å². The minimum Gasteiger partial charge on any atom is -0.465 e. The summed E-state index contributed by atoms with van der Waals surface area (Å²) >= 11 is 8.68. The van der Waals surface area contributed by atoms with Gasteiger partial charge in [0.25, 0.3) is 0 Å². The monoisotopic (exact) mass is 442 g/mol. The Balaban J connectivity index is 1.67. The maximum atomic E-state index is 13.8. The maximum Gasteiger partial charge on any atom is 0.341 e. The third-order valence-electron chi connectivity index (χ3n) is 4.43. The summed E-state index contributed by atoms with van der Waals surface area (Å²) in [5.41, 5.74) is 1.79. The van der Waals surface area contributed by atoms with Gasteiger partial charge in [0.05, 0.1) is 18.4 Å². The van der Waals surface area contributed by atoms with Crippen molar-refractivity contribution in [2.24, 2.45) is 0 Å². The van der Waals surface area contributed by atoms with Crippen molar-refractivity contribution in [2.75, 3.05) is 31.8 Å². The molecular weight excluding hydrogens is 423 g/mol. The van der Waals surface area contributed by atoms with E-state index in [4.69, 9.17) is 16.3 Å². The smallest absolute Gasteiger partial charge is 0.341 e. The van der Waals surface area contributed by atoms with Crippen molar-refractivity contribution in [1.29, 1.82) is 0 Å². The van der Waals surface area contributed by atoms with Gasteiger partial charge in [0.2, 0.25) is 5.91 Å². The number of fused-ring (bicyclic) bond motifs is 1. The molecular formula is C19H20ClFN2O3S2. The van der Waals surface area contributed by atoms with Gasteiger partial charge in [-0.1, -0.05) is 17.7 Å². The largest absolute Gasteiger partial charge is 0.465 e. The fourth-order valence-corrected chi connectivity index (χ4v) is 5.51. The molecule has 0 saturated heterocycles. The zero-order chi connectivity index (χ0) is 20.3. The van der Waals surface area contributed by atoms with Crippen LogP contribution in [0.3, 0.4) is 0 Å². The van der Waals surface area contributed by atoms with Gasteiger partial charge in [0.1, 0.15) is 10.8 Å². The van der Waals surface area contributed by atoms with Crippen molar-refractivity contribution >= 4 is 51.6 Å². The number of thioether (sulfide) groups is 1. The number of carbonyl (C=O) groups excluding carboxylic acids is 2. The third kappa shape index (κ3) is 4.68. The van der Waals surface area contributed by atoms with Crippen molar-refractivity contribution in [1.82, 2.24) is 4.90 Å². The van der Waals surface area contributed by atoms with E-state index in [-0.39, 0.29) is 23.2 Å². The summed E-state index contributed by atoms with van der Waals surface area (Å²) in [6.07, 6.45) is 0.739. The van der Waals surface area contributed by atoms with Crippen LogP contribution in [0.15, 0.2) is 18.2 Å². The molecule has 1 aliphatic heterocycles. The van der Waals surface area contributed by atoms with Crippen LogP contribution >= 0.6 is 34.7 Å². The Bertz CT molecular complexity index is 883. The molecule has 0 spiro atoms. The summed E-state index contributed by atoms with van der Waals surface area (Å²) in [7, 11) is 3.35. The van der Waals surface area contributed by atoms with Crippen LogP contribution in [0, 0.1) is 5.82 Å². The Morgan fingerprint density at radius 3 is 2.93 bits per heavy atom.